The molecular formula is C26H27N3O6S. The lowest BCUT2D eigenvalue weighted by Gasteiger charge is -2.20. The summed E-state index contributed by atoms with van der Waals surface area (Å²) in [5.41, 5.74) is 1.75. The number of sulfonamides is 1. The summed E-state index contributed by atoms with van der Waals surface area (Å²) in [6.07, 6.45) is 0. The number of carbonyl (C=O) groups excluding carboxylic acids is 2. The first kappa shape index (κ1) is 25.2. The zero-order chi connectivity index (χ0) is 25.9. The van der Waals surface area contributed by atoms with Crippen LogP contribution < -0.4 is 20.1 Å². The Morgan fingerprint density at radius 3 is 2.36 bits per heavy atom. The zero-order valence-electron chi connectivity index (χ0n) is 20.2. The van der Waals surface area contributed by atoms with Gasteiger partial charge in [-0.15, -0.1) is 0 Å². The average molecular weight is 510 g/mol. The van der Waals surface area contributed by atoms with Crippen LogP contribution in [0.4, 0.5) is 11.4 Å². The van der Waals surface area contributed by atoms with Gasteiger partial charge in [0.05, 0.1) is 16.1 Å². The van der Waals surface area contributed by atoms with Crippen LogP contribution in [0.15, 0.2) is 65.6 Å². The first-order valence-electron chi connectivity index (χ1n) is 11.5. The third-order valence-corrected chi connectivity index (χ3v) is 8.02. The van der Waals surface area contributed by atoms with Gasteiger partial charge >= 0.3 is 0 Å². The molecule has 188 valence electrons. The molecule has 3 aromatic carbocycles. The van der Waals surface area contributed by atoms with E-state index in [-0.39, 0.29) is 28.5 Å². The van der Waals surface area contributed by atoms with Crippen LogP contribution in [-0.4, -0.2) is 44.4 Å². The topological polar surface area (TPSA) is 114 Å². The van der Waals surface area contributed by atoms with Gasteiger partial charge in [-0.3, -0.25) is 9.59 Å². The largest absolute Gasteiger partial charge is 0.454 e. The van der Waals surface area contributed by atoms with E-state index in [1.54, 1.807) is 75.4 Å². The van der Waals surface area contributed by atoms with Gasteiger partial charge < -0.3 is 20.1 Å². The molecular weight excluding hydrogens is 482 g/mol. The fourth-order valence-corrected chi connectivity index (χ4v) is 5.59. The van der Waals surface area contributed by atoms with Gasteiger partial charge in [0.1, 0.15) is 0 Å². The molecule has 4 rings (SSSR count). The highest BCUT2D eigenvalue weighted by Gasteiger charge is 2.25. The Morgan fingerprint density at radius 2 is 1.61 bits per heavy atom. The molecule has 1 heterocycles. The third kappa shape index (κ3) is 5.05. The predicted molar refractivity (Wildman–Crippen MR) is 136 cm³/mol. The minimum atomic E-state index is -3.75. The maximum atomic E-state index is 13.1. The van der Waals surface area contributed by atoms with E-state index >= 15 is 0 Å². The standard InChI is InChI=1S/C26H27N3O6S/c1-4-29(5-2)36(32,33)24-14-18(11-10-17(24)3)25(30)28-21-9-7-6-8-20(21)26(31)27-19-12-13-22-23(15-19)35-16-34-22/h6-15H,4-5,16H2,1-3H3,(H,27,31)(H,28,30). The predicted octanol–water partition coefficient (Wildman–Crippen LogP) is 4.26. The molecule has 1 aliphatic heterocycles. The molecule has 0 unspecified atom stereocenters. The number of para-hydroxylation sites is 1. The number of ether oxygens (including phenoxy) is 2. The molecule has 36 heavy (non-hydrogen) atoms. The molecule has 0 saturated heterocycles. The van der Waals surface area contributed by atoms with Crippen molar-refractivity contribution in [3.05, 3.63) is 77.4 Å². The SMILES string of the molecule is CCN(CC)S(=O)(=O)c1cc(C(=O)Nc2ccccc2C(=O)Nc2ccc3c(c2)OCO3)ccc1C. The number of fused-ring (bicyclic) bond motifs is 1. The molecule has 0 atom stereocenters. The van der Waals surface area contributed by atoms with Gasteiger partial charge in [-0.1, -0.05) is 32.0 Å². The molecule has 0 saturated carbocycles. The highest BCUT2D eigenvalue weighted by molar-refractivity contribution is 7.89. The second kappa shape index (κ2) is 10.4. The first-order valence-corrected chi connectivity index (χ1v) is 12.9. The Bertz CT molecular complexity index is 1420. The molecule has 0 aliphatic carbocycles. The molecule has 10 heteroatoms. The van der Waals surface area contributed by atoms with Gasteiger partial charge in [0, 0.05) is 30.4 Å². The minimum Gasteiger partial charge on any atom is -0.454 e. The van der Waals surface area contributed by atoms with Crippen LogP contribution in [0.3, 0.4) is 0 Å². The van der Waals surface area contributed by atoms with E-state index in [1.165, 1.54) is 10.4 Å². The number of nitrogens with one attached hydrogen (secondary N) is 2. The molecule has 2 amide bonds. The van der Waals surface area contributed by atoms with Crippen molar-refractivity contribution in [2.24, 2.45) is 0 Å². The Balaban J connectivity index is 1.57. The number of nitrogens with zero attached hydrogens (tertiary/aromatic N) is 1. The molecule has 9 nitrogen and oxygen atoms in total. The first-order chi connectivity index (χ1) is 17.2. The second-order valence-electron chi connectivity index (χ2n) is 8.09. The Kier molecular flexibility index (Phi) is 7.27. The van der Waals surface area contributed by atoms with Gasteiger partial charge in [-0.05, 0) is 48.9 Å². The second-order valence-corrected chi connectivity index (χ2v) is 10.00. The molecule has 3 aromatic rings. The van der Waals surface area contributed by atoms with Crippen LogP contribution in [-0.2, 0) is 10.0 Å². The number of rotatable bonds is 8. The summed E-state index contributed by atoms with van der Waals surface area (Å²) in [5, 5.41) is 5.53. The maximum Gasteiger partial charge on any atom is 0.257 e. The van der Waals surface area contributed by atoms with Crippen molar-refractivity contribution in [3.8, 4) is 11.5 Å². The van der Waals surface area contributed by atoms with Gasteiger partial charge in [0.15, 0.2) is 11.5 Å². The summed E-state index contributed by atoms with van der Waals surface area (Å²) >= 11 is 0. The van der Waals surface area contributed by atoms with Crippen molar-refractivity contribution in [2.75, 3.05) is 30.5 Å². The van der Waals surface area contributed by atoms with Crippen LogP contribution in [0.2, 0.25) is 0 Å². The fourth-order valence-electron chi connectivity index (χ4n) is 3.88. The monoisotopic (exact) mass is 509 g/mol. The smallest absolute Gasteiger partial charge is 0.257 e. The lowest BCUT2D eigenvalue weighted by molar-refractivity contribution is 0.102. The van der Waals surface area contributed by atoms with E-state index in [0.29, 0.717) is 35.8 Å². The molecule has 2 N–H and O–H groups in total. The normalized spacial score (nSPS) is 12.4. The number of hydrogen-bond donors (Lipinski definition) is 2. The van der Waals surface area contributed by atoms with Gasteiger partial charge in [-0.25, -0.2) is 8.42 Å². The van der Waals surface area contributed by atoms with Crippen molar-refractivity contribution in [3.63, 3.8) is 0 Å². The van der Waals surface area contributed by atoms with Gasteiger partial charge in [-0.2, -0.15) is 4.31 Å². The number of amides is 2. The van der Waals surface area contributed by atoms with Crippen LogP contribution >= 0.6 is 0 Å². The lowest BCUT2D eigenvalue weighted by atomic mass is 10.1. The number of carbonyl (C=O) groups is 2. The van der Waals surface area contributed by atoms with Crippen LogP contribution in [0, 0.1) is 6.92 Å². The fraction of sp³-hybridized carbons (Fsp3) is 0.231. The number of benzene rings is 3. The minimum absolute atomic E-state index is 0.0766. The molecule has 1 aliphatic rings. The summed E-state index contributed by atoms with van der Waals surface area (Å²) in [4.78, 5) is 26.2. The van der Waals surface area contributed by atoms with Crippen molar-refractivity contribution in [1.82, 2.24) is 4.31 Å². The van der Waals surface area contributed by atoms with Crippen LogP contribution in [0.5, 0.6) is 11.5 Å². The molecule has 0 fully saturated rings. The summed E-state index contributed by atoms with van der Waals surface area (Å²) in [6, 6.07) is 16.1. The number of anilines is 2. The van der Waals surface area contributed by atoms with E-state index in [2.05, 4.69) is 10.6 Å². The summed E-state index contributed by atoms with van der Waals surface area (Å²) in [6.45, 7) is 5.98. The van der Waals surface area contributed by atoms with Crippen molar-refractivity contribution in [2.45, 2.75) is 25.7 Å². The van der Waals surface area contributed by atoms with E-state index in [4.69, 9.17) is 9.47 Å². The summed E-state index contributed by atoms with van der Waals surface area (Å²) in [5.74, 6) is 0.165. The van der Waals surface area contributed by atoms with E-state index in [0.717, 1.165) is 0 Å². The highest BCUT2D eigenvalue weighted by atomic mass is 32.2. The van der Waals surface area contributed by atoms with E-state index in [9.17, 15) is 18.0 Å². The molecule has 0 aromatic heterocycles. The molecule has 0 radical (unpaired) electrons. The zero-order valence-corrected chi connectivity index (χ0v) is 21.0. The third-order valence-electron chi connectivity index (χ3n) is 5.82. The van der Waals surface area contributed by atoms with Gasteiger partial charge in [0.25, 0.3) is 11.8 Å². The quantitative estimate of drug-likeness (QED) is 0.469. The lowest BCUT2D eigenvalue weighted by Crippen LogP contribution is -2.31. The highest BCUT2D eigenvalue weighted by Crippen LogP contribution is 2.34. The Morgan fingerprint density at radius 1 is 0.889 bits per heavy atom. The van der Waals surface area contributed by atoms with Gasteiger partial charge in [0.2, 0.25) is 16.8 Å². The Hall–Kier alpha value is -3.89. The maximum absolute atomic E-state index is 13.1. The van der Waals surface area contributed by atoms with Crippen molar-refractivity contribution in [1.29, 1.82) is 0 Å². The van der Waals surface area contributed by atoms with Crippen molar-refractivity contribution >= 4 is 33.2 Å². The number of aryl methyl sites for hydroxylation is 1. The van der Waals surface area contributed by atoms with E-state index < -0.39 is 21.8 Å². The molecule has 0 spiro atoms. The summed E-state index contributed by atoms with van der Waals surface area (Å²) in [7, 11) is -3.75. The van der Waals surface area contributed by atoms with E-state index in [1.807, 2.05) is 0 Å². The Labute approximate surface area is 210 Å². The van der Waals surface area contributed by atoms with Crippen molar-refractivity contribution < 1.29 is 27.5 Å². The average Bonchev–Trinajstić information content (AvgIpc) is 3.33. The van der Waals surface area contributed by atoms with Crippen LogP contribution in [0.25, 0.3) is 0 Å². The summed E-state index contributed by atoms with van der Waals surface area (Å²) < 4.78 is 38.1. The molecule has 0 bridgehead atoms. The van der Waals surface area contributed by atoms with Crippen LogP contribution in [0.1, 0.15) is 40.1 Å². The number of hydrogen-bond acceptors (Lipinski definition) is 6.